The highest BCUT2D eigenvalue weighted by Crippen LogP contribution is 2.13. The van der Waals surface area contributed by atoms with E-state index in [0.717, 1.165) is 12.1 Å². The number of nitrogens with zero attached hydrogens (tertiary/aromatic N) is 3. The van der Waals surface area contributed by atoms with Crippen LogP contribution in [-0.2, 0) is 30.2 Å². The third-order valence-electron chi connectivity index (χ3n) is 2.58. The van der Waals surface area contributed by atoms with E-state index in [1.165, 1.54) is 0 Å². The van der Waals surface area contributed by atoms with Crippen molar-refractivity contribution >= 4 is 10.0 Å². The minimum Gasteiger partial charge on any atom is -0.352 e. The van der Waals surface area contributed by atoms with Gasteiger partial charge in [-0.1, -0.05) is 5.16 Å². The van der Waals surface area contributed by atoms with Crippen LogP contribution in [0.2, 0.25) is 0 Å². The van der Waals surface area contributed by atoms with Gasteiger partial charge < -0.3 is 14.4 Å². The lowest BCUT2D eigenvalue weighted by Crippen LogP contribution is -2.23. The maximum Gasteiger partial charge on any atom is 0.242 e. The molecular formula is C10H15N5O3S. The smallest absolute Gasteiger partial charge is 0.242 e. The highest BCUT2D eigenvalue weighted by Gasteiger charge is 2.17. The molecule has 0 unspecified atom stereocenters. The van der Waals surface area contributed by atoms with Crippen molar-refractivity contribution in [1.29, 1.82) is 0 Å². The van der Waals surface area contributed by atoms with Gasteiger partial charge in [0.05, 0.1) is 11.4 Å². The van der Waals surface area contributed by atoms with E-state index in [1.807, 2.05) is 0 Å². The fraction of sp³-hybridized carbons (Fsp3) is 0.400. The van der Waals surface area contributed by atoms with Gasteiger partial charge in [0.1, 0.15) is 0 Å². The Morgan fingerprint density at radius 2 is 2.21 bits per heavy atom. The SMILES string of the molecule is CNCc1cc(S(=O)(=O)NCc2ncon2)cn1C. The average molecular weight is 285 g/mol. The van der Waals surface area contributed by atoms with Gasteiger partial charge in [0.15, 0.2) is 5.82 Å². The third kappa shape index (κ3) is 3.19. The van der Waals surface area contributed by atoms with Gasteiger partial charge in [-0.15, -0.1) is 0 Å². The van der Waals surface area contributed by atoms with Gasteiger partial charge in [0.25, 0.3) is 0 Å². The predicted octanol–water partition coefficient (Wildman–Crippen LogP) is -0.394. The lowest BCUT2D eigenvalue weighted by Gasteiger charge is -2.01. The average Bonchev–Trinajstić information content (AvgIpc) is 2.98. The van der Waals surface area contributed by atoms with E-state index in [0.29, 0.717) is 6.54 Å². The minimum atomic E-state index is -3.58. The molecule has 0 amide bonds. The summed E-state index contributed by atoms with van der Waals surface area (Å²) in [6.45, 7) is 0.589. The number of sulfonamides is 1. The summed E-state index contributed by atoms with van der Waals surface area (Å²) in [5, 5.41) is 6.51. The second kappa shape index (κ2) is 5.51. The summed E-state index contributed by atoms with van der Waals surface area (Å²) < 4.78 is 32.8. The zero-order valence-corrected chi connectivity index (χ0v) is 11.4. The van der Waals surface area contributed by atoms with E-state index in [2.05, 4.69) is 24.7 Å². The molecule has 0 saturated carbocycles. The van der Waals surface area contributed by atoms with Crippen LogP contribution in [0, 0.1) is 0 Å². The van der Waals surface area contributed by atoms with Crippen LogP contribution in [0.5, 0.6) is 0 Å². The van der Waals surface area contributed by atoms with E-state index in [-0.39, 0.29) is 17.3 Å². The molecule has 2 N–H and O–H groups in total. The summed E-state index contributed by atoms with van der Waals surface area (Å²) in [6, 6.07) is 1.62. The van der Waals surface area contributed by atoms with Crippen molar-refractivity contribution < 1.29 is 12.9 Å². The molecule has 0 radical (unpaired) electrons. The highest BCUT2D eigenvalue weighted by atomic mass is 32.2. The monoisotopic (exact) mass is 285 g/mol. The summed E-state index contributed by atoms with van der Waals surface area (Å²) >= 11 is 0. The Hall–Kier alpha value is -1.71. The maximum atomic E-state index is 12.1. The lowest BCUT2D eigenvalue weighted by molar-refractivity contribution is 0.409. The summed E-state index contributed by atoms with van der Waals surface area (Å²) in [5.41, 5.74) is 0.877. The number of nitrogens with one attached hydrogen (secondary N) is 2. The van der Waals surface area contributed by atoms with Crippen molar-refractivity contribution in [2.75, 3.05) is 7.05 Å². The Labute approximate surface area is 110 Å². The van der Waals surface area contributed by atoms with Gasteiger partial charge in [-0.3, -0.25) is 0 Å². The molecule has 0 fully saturated rings. The fourth-order valence-corrected chi connectivity index (χ4v) is 2.67. The summed E-state index contributed by atoms with van der Waals surface area (Å²) in [6.07, 6.45) is 2.71. The van der Waals surface area contributed by atoms with Crippen molar-refractivity contribution in [1.82, 2.24) is 24.7 Å². The molecular weight excluding hydrogens is 270 g/mol. The third-order valence-corrected chi connectivity index (χ3v) is 3.95. The van der Waals surface area contributed by atoms with Crippen LogP contribution in [0.1, 0.15) is 11.5 Å². The molecule has 0 aromatic carbocycles. The van der Waals surface area contributed by atoms with E-state index < -0.39 is 10.0 Å². The zero-order valence-electron chi connectivity index (χ0n) is 10.6. The Balaban J connectivity index is 2.12. The zero-order chi connectivity index (χ0) is 13.9. The molecule has 2 heterocycles. The molecule has 9 heteroatoms. The van der Waals surface area contributed by atoms with Gasteiger partial charge in [-0.25, -0.2) is 13.1 Å². The molecule has 2 aromatic rings. The molecule has 0 aliphatic carbocycles. The minimum absolute atomic E-state index is 0.00487. The Kier molecular flexibility index (Phi) is 3.98. The number of rotatable bonds is 6. The van der Waals surface area contributed by atoms with Gasteiger partial charge in [0.2, 0.25) is 16.4 Å². The normalized spacial score (nSPS) is 11.9. The Morgan fingerprint density at radius 3 is 2.84 bits per heavy atom. The summed E-state index contributed by atoms with van der Waals surface area (Å²) in [4.78, 5) is 3.96. The predicted molar refractivity (Wildman–Crippen MR) is 66.5 cm³/mol. The van der Waals surface area contributed by atoms with Crippen molar-refractivity contribution in [2.45, 2.75) is 18.0 Å². The molecule has 0 aliphatic rings. The molecule has 0 aliphatic heterocycles. The Bertz CT molecular complexity index is 632. The molecule has 0 bridgehead atoms. The maximum absolute atomic E-state index is 12.1. The lowest BCUT2D eigenvalue weighted by atomic mass is 10.4. The molecule has 19 heavy (non-hydrogen) atoms. The van der Waals surface area contributed by atoms with Crippen molar-refractivity contribution in [2.24, 2.45) is 7.05 Å². The van der Waals surface area contributed by atoms with Gasteiger partial charge in [0, 0.05) is 25.5 Å². The first-order chi connectivity index (χ1) is 9.03. The van der Waals surface area contributed by atoms with Crippen molar-refractivity contribution in [3.8, 4) is 0 Å². The Morgan fingerprint density at radius 1 is 1.42 bits per heavy atom. The number of hydrogen-bond donors (Lipinski definition) is 2. The topological polar surface area (TPSA) is 102 Å². The van der Waals surface area contributed by atoms with Crippen LogP contribution >= 0.6 is 0 Å². The standard InChI is InChI=1S/C10H15N5O3S/c1-11-4-8-3-9(6-15(8)2)19(16,17)13-5-10-12-7-18-14-10/h3,6-7,11,13H,4-5H2,1-2H3. The molecule has 0 saturated heterocycles. The first-order valence-corrected chi connectivity index (χ1v) is 7.06. The first kappa shape index (κ1) is 13.7. The van der Waals surface area contributed by atoms with Gasteiger partial charge >= 0.3 is 0 Å². The van der Waals surface area contributed by atoms with E-state index in [4.69, 9.17) is 0 Å². The van der Waals surface area contributed by atoms with Crippen LogP contribution in [-0.4, -0.2) is 30.2 Å². The molecule has 2 aromatic heterocycles. The number of aryl methyl sites for hydroxylation is 1. The van der Waals surface area contributed by atoms with E-state index in [1.54, 1.807) is 30.9 Å². The van der Waals surface area contributed by atoms with Crippen LogP contribution in [0.15, 0.2) is 28.1 Å². The van der Waals surface area contributed by atoms with E-state index >= 15 is 0 Å². The number of aromatic nitrogens is 3. The fourth-order valence-electron chi connectivity index (χ4n) is 1.59. The van der Waals surface area contributed by atoms with Crippen molar-refractivity contribution in [3.05, 3.63) is 30.2 Å². The van der Waals surface area contributed by atoms with Crippen LogP contribution in [0.3, 0.4) is 0 Å². The molecule has 0 atom stereocenters. The molecule has 104 valence electrons. The van der Waals surface area contributed by atoms with Gasteiger partial charge in [-0.2, -0.15) is 4.98 Å². The highest BCUT2D eigenvalue weighted by molar-refractivity contribution is 7.89. The van der Waals surface area contributed by atoms with Gasteiger partial charge in [-0.05, 0) is 13.1 Å². The molecule has 8 nitrogen and oxygen atoms in total. The second-order valence-corrected chi connectivity index (χ2v) is 5.75. The first-order valence-electron chi connectivity index (χ1n) is 5.57. The molecule has 2 rings (SSSR count). The van der Waals surface area contributed by atoms with E-state index in [9.17, 15) is 8.42 Å². The van der Waals surface area contributed by atoms with Crippen LogP contribution in [0.4, 0.5) is 0 Å². The number of hydrogen-bond acceptors (Lipinski definition) is 6. The van der Waals surface area contributed by atoms with Crippen LogP contribution < -0.4 is 10.0 Å². The summed E-state index contributed by atoms with van der Waals surface area (Å²) in [7, 11) is 0.0211. The van der Waals surface area contributed by atoms with Crippen LogP contribution in [0.25, 0.3) is 0 Å². The molecule has 0 spiro atoms. The summed E-state index contributed by atoms with van der Waals surface area (Å²) in [5.74, 6) is 0.287. The second-order valence-electron chi connectivity index (χ2n) is 3.98. The largest absolute Gasteiger partial charge is 0.352 e. The quantitative estimate of drug-likeness (QED) is 0.749. The van der Waals surface area contributed by atoms with Crippen molar-refractivity contribution in [3.63, 3.8) is 0 Å².